The summed E-state index contributed by atoms with van der Waals surface area (Å²) < 4.78 is 5.38. The molecule has 3 heterocycles. The molecule has 82 heavy (non-hydrogen) atoms. The van der Waals surface area contributed by atoms with Crippen LogP contribution in [-0.2, 0) is 62.4 Å². The molecule has 1 saturated carbocycles. The van der Waals surface area contributed by atoms with Crippen molar-refractivity contribution >= 4 is 70.9 Å². The predicted octanol–water partition coefficient (Wildman–Crippen LogP) is 0.949. The zero-order valence-electron chi connectivity index (χ0n) is 47.1. The minimum atomic E-state index is -1.73. The van der Waals surface area contributed by atoms with Crippen molar-refractivity contribution in [1.82, 2.24) is 47.1 Å². The van der Waals surface area contributed by atoms with E-state index < -0.39 is 101 Å². The fraction of sp³-hybridized carbons (Fsp3) is 0.534. The van der Waals surface area contributed by atoms with E-state index in [0.717, 1.165) is 50.3 Å². The highest BCUT2D eigenvalue weighted by Crippen LogP contribution is 2.31. The molecular formula is C58H81N13O10S. The zero-order valence-corrected chi connectivity index (χ0v) is 47.9. The third-order valence-corrected chi connectivity index (χ3v) is 16.5. The molecule has 8 atom stereocenters. The summed E-state index contributed by atoms with van der Waals surface area (Å²) in [6.45, 7) is 1.51. The molecule has 3 fully saturated rings. The smallest absolute Gasteiger partial charge is 0.245 e. The normalized spacial score (nSPS) is 25.6. The van der Waals surface area contributed by atoms with Crippen LogP contribution < -0.4 is 59.2 Å². The van der Waals surface area contributed by atoms with Gasteiger partial charge >= 0.3 is 0 Å². The molecule has 24 heteroatoms. The van der Waals surface area contributed by atoms with Gasteiger partial charge in [-0.1, -0.05) is 99.9 Å². The number of nitrogens with zero attached hydrogens (tertiary/aromatic N) is 3. The van der Waals surface area contributed by atoms with E-state index in [0.29, 0.717) is 35.3 Å². The van der Waals surface area contributed by atoms with Gasteiger partial charge < -0.3 is 64.1 Å². The van der Waals surface area contributed by atoms with Gasteiger partial charge in [-0.3, -0.25) is 53.1 Å². The van der Waals surface area contributed by atoms with Gasteiger partial charge in [-0.25, -0.2) is 0 Å². The third-order valence-electron chi connectivity index (χ3n) is 15.2. The first-order chi connectivity index (χ1) is 39.3. The van der Waals surface area contributed by atoms with Crippen molar-refractivity contribution < 1.29 is 47.9 Å². The van der Waals surface area contributed by atoms with Crippen LogP contribution in [0.2, 0.25) is 0 Å². The van der Waals surface area contributed by atoms with E-state index >= 15 is 0 Å². The van der Waals surface area contributed by atoms with Gasteiger partial charge in [0.15, 0.2) is 5.96 Å². The highest BCUT2D eigenvalue weighted by molar-refractivity contribution is 8.00. The van der Waals surface area contributed by atoms with Crippen LogP contribution in [0.4, 0.5) is 0 Å². The summed E-state index contributed by atoms with van der Waals surface area (Å²) in [5, 5.41) is 19.9. The van der Waals surface area contributed by atoms with Gasteiger partial charge in [-0.2, -0.15) is 0 Å². The summed E-state index contributed by atoms with van der Waals surface area (Å²) in [7, 11) is 2.98. The monoisotopic (exact) mass is 1150 g/mol. The van der Waals surface area contributed by atoms with Crippen molar-refractivity contribution in [2.24, 2.45) is 28.1 Å². The number of hydrogen-bond acceptors (Lipinski definition) is 13. The largest absolute Gasteiger partial charge is 0.497 e. The van der Waals surface area contributed by atoms with Gasteiger partial charge in [0.05, 0.1) is 12.9 Å². The zero-order chi connectivity index (χ0) is 59.2. The average Bonchev–Trinajstić information content (AvgIpc) is 3.67. The highest BCUT2D eigenvalue weighted by atomic mass is 32.2. The number of guanidine groups is 1. The summed E-state index contributed by atoms with van der Waals surface area (Å²) >= 11 is 0.974. The number of primary amides is 1. The number of likely N-dealkylation sites (N-methyl/N-ethyl adjacent to an activating group) is 1. The Morgan fingerprint density at radius 1 is 0.659 bits per heavy atom. The van der Waals surface area contributed by atoms with Gasteiger partial charge in [-0.15, -0.1) is 11.8 Å². The van der Waals surface area contributed by atoms with Crippen LogP contribution in [0.5, 0.6) is 5.75 Å². The lowest BCUT2D eigenvalue weighted by atomic mass is 9.80. The van der Waals surface area contributed by atoms with Gasteiger partial charge in [-0.05, 0) is 79.8 Å². The fourth-order valence-corrected chi connectivity index (χ4v) is 11.1. The Labute approximate surface area is 483 Å². The maximum Gasteiger partial charge on any atom is 0.245 e. The number of hydrogen-bond donors (Lipinski definition) is 10. The van der Waals surface area contributed by atoms with Crippen LogP contribution >= 0.6 is 11.8 Å². The van der Waals surface area contributed by atoms with Crippen molar-refractivity contribution in [1.29, 1.82) is 0 Å². The molecule has 13 N–H and O–H groups in total. The fourth-order valence-electron chi connectivity index (χ4n) is 10.1. The lowest BCUT2D eigenvalue weighted by Crippen LogP contribution is -2.63. The molecule has 1 aliphatic carbocycles. The number of carbonyl (C=O) groups is 9. The van der Waals surface area contributed by atoms with Crippen LogP contribution in [0.15, 0.2) is 84.1 Å². The Morgan fingerprint density at radius 2 is 1.22 bits per heavy atom. The number of methoxy groups -OCH3 is 1. The number of carbonyl (C=O) groups excluding carboxylic acids is 9. The van der Waals surface area contributed by atoms with Crippen molar-refractivity contribution in [3.63, 3.8) is 0 Å². The number of rotatable bonds is 14. The Kier molecular flexibility index (Phi) is 24.3. The molecule has 0 radical (unpaired) electrons. The molecular weight excluding hydrogens is 1070 g/mol. The maximum absolute atomic E-state index is 14.9. The van der Waals surface area contributed by atoms with Crippen molar-refractivity contribution in [3.8, 4) is 5.75 Å². The van der Waals surface area contributed by atoms with Gasteiger partial charge in [0.25, 0.3) is 0 Å². The van der Waals surface area contributed by atoms with E-state index in [2.05, 4.69) is 47.2 Å². The summed E-state index contributed by atoms with van der Waals surface area (Å²) in [4.78, 5) is 140. The lowest BCUT2D eigenvalue weighted by Gasteiger charge is -2.34. The molecule has 23 nitrogen and oxygen atoms in total. The second-order valence-electron chi connectivity index (χ2n) is 21.7. The summed E-state index contributed by atoms with van der Waals surface area (Å²) in [5.74, 6) is -6.47. The summed E-state index contributed by atoms with van der Waals surface area (Å²) in [6, 6.07) is 10.5. The number of benzene rings is 2. The Bertz CT molecular complexity index is 2700. The number of thioether (sulfide) groups is 1. The van der Waals surface area contributed by atoms with Crippen molar-refractivity contribution in [3.05, 3.63) is 95.8 Å². The lowest BCUT2D eigenvalue weighted by molar-refractivity contribution is -0.143. The Morgan fingerprint density at radius 3 is 1.83 bits per heavy atom. The number of amides is 9. The number of fused-ring (bicyclic) bond motifs is 3. The van der Waals surface area contributed by atoms with E-state index in [-0.39, 0.29) is 81.3 Å². The highest BCUT2D eigenvalue weighted by Gasteiger charge is 2.40. The standard InChI is InChI=1S/C58H81N13O10S/c1-58(56(59)80)35-82-34-48(72)64-43(29-36-15-8-7-9-16-36)50(74)65-41(21-14-28-63-57(60)61)49(73)67-46(32-39-19-13-27-62-33-39)53(77)68-44(30-37-17-12-18-37)52(76)69-45(31-38-23-25-40(81-3)26-24-38)51(75)66-42-20-10-5-4-6-11-22-47(54(78)70-58)71(2)55(42)79/h7-9,13,15-16,19,23-27,33,37,41-47H,4-6,10-12,14,17-18,20-22,28-32,34-35H2,1-3H3,(H2,59,80)(H,64,72)(H,65,74)(H,66,75)(H,67,73)(H,68,77)(H,69,76)(H,70,78)(H4,60,61,63). The van der Waals surface area contributed by atoms with Gasteiger partial charge in [0, 0.05) is 51.0 Å². The topological polar surface area (TPSA) is 354 Å². The average molecular weight is 1150 g/mol. The minimum Gasteiger partial charge on any atom is -0.497 e. The first-order valence-corrected chi connectivity index (χ1v) is 29.4. The number of pyridine rings is 1. The molecule has 2 bridgehead atoms. The SMILES string of the molecule is COc1ccc(CC2NC(=O)C(CC3CCC3)NC(=O)C(Cc3cccnc3)NC(=O)C(CCCN=C(N)N)NC(=O)C(Cc3ccccc3)NC(=O)CSCC(C)(C(N)=O)NC(=O)C3CCCCCCCC(NC2=O)C(=O)N3C)cc1. The van der Waals surface area contributed by atoms with E-state index in [1.165, 1.54) is 32.2 Å². The predicted molar refractivity (Wildman–Crippen MR) is 310 cm³/mol. The number of aromatic nitrogens is 1. The molecule has 1 aromatic heterocycles. The van der Waals surface area contributed by atoms with E-state index in [4.69, 9.17) is 21.9 Å². The van der Waals surface area contributed by atoms with E-state index in [9.17, 15) is 43.2 Å². The van der Waals surface area contributed by atoms with E-state index in [1.807, 2.05) is 0 Å². The summed E-state index contributed by atoms with van der Waals surface area (Å²) in [5.41, 5.74) is 17.3. The van der Waals surface area contributed by atoms with Crippen molar-refractivity contribution in [2.75, 3.05) is 32.2 Å². The number of nitrogens with two attached hydrogens (primary N) is 3. The Hall–Kier alpha value is -7.76. The molecule has 2 aliphatic heterocycles. The van der Waals surface area contributed by atoms with Crippen LogP contribution in [0, 0.1) is 5.92 Å². The second-order valence-corrected chi connectivity index (χ2v) is 22.7. The third kappa shape index (κ3) is 19.5. The first-order valence-electron chi connectivity index (χ1n) is 28.2. The quantitative estimate of drug-likeness (QED) is 0.0611. The van der Waals surface area contributed by atoms with Gasteiger partial charge in [0.1, 0.15) is 53.6 Å². The molecule has 3 aliphatic rings. The number of nitrogens with one attached hydrogen (secondary N) is 7. The van der Waals surface area contributed by atoms with E-state index in [1.54, 1.807) is 72.9 Å². The molecule has 2 aromatic carbocycles. The maximum atomic E-state index is 14.9. The Balaban J connectivity index is 1.42. The summed E-state index contributed by atoms with van der Waals surface area (Å²) in [6.07, 6.45) is 9.62. The van der Waals surface area contributed by atoms with Gasteiger partial charge in [0.2, 0.25) is 53.2 Å². The molecule has 8 unspecified atom stereocenters. The van der Waals surface area contributed by atoms with Crippen LogP contribution in [-0.4, -0.2) is 149 Å². The molecule has 3 aromatic rings. The first kappa shape index (κ1) is 63.4. The number of aliphatic imine (C=N–C) groups is 1. The molecule has 6 rings (SSSR count). The second kappa shape index (κ2) is 31.5. The molecule has 9 amide bonds. The van der Waals surface area contributed by atoms with Crippen molar-refractivity contribution in [2.45, 2.75) is 157 Å². The minimum absolute atomic E-state index is 0.00643. The van der Waals surface area contributed by atoms with Crippen LogP contribution in [0.1, 0.15) is 107 Å². The molecule has 2 saturated heterocycles. The molecule has 0 spiro atoms. The number of ether oxygens (including phenoxy) is 1. The molecule has 444 valence electrons. The van der Waals surface area contributed by atoms with Crippen LogP contribution in [0.25, 0.3) is 0 Å². The van der Waals surface area contributed by atoms with Crippen LogP contribution in [0.3, 0.4) is 0 Å².